The van der Waals surface area contributed by atoms with Crippen molar-refractivity contribution >= 4 is 5.91 Å². The van der Waals surface area contributed by atoms with Crippen LogP contribution in [-0.4, -0.2) is 64.0 Å². The summed E-state index contributed by atoms with van der Waals surface area (Å²) >= 11 is 0. The van der Waals surface area contributed by atoms with Crippen LogP contribution in [0.3, 0.4) is 0 Å². The fourth-order valence-corrected chi connectivity index (χ4v) is 3.39. The quantitative estimate of drug-likeness (QED) is 0.877. The molecule has 0 unspecified atom stereocenters. The predicted octanol–water partition coefficient (Wildman–Crippen LogP) is 0.553. The molecule has 1 saturated heterocycles. The van der Waals surface area contributed by atoms with E-state index in [9.17, 15) is 4.79 Å². The van der Waals surface area contributed by atoms with Crippen molar-refractivity contribution in [2.45, 2.75) is 58.2 Å². The normalized spacial score (nSPS) is 23.0. The number of hydrogen-bond donors (Lipinski definition) is 1. The molecule has 1 N–H and O–H groups in total. The Morgan fingerprint density at radius 2 is 2.00 bits per heavy atom. The zero-order valence-electron chi connectivity index (χ0n) is 14.3. The lowest BCUT2D eigenvalue weighted by Gasteiger charge is -2.32. The Hall–Kier alpha value is -1.47. The number of morpholine rings is 1. The van der Waals surface area contributed by atoms with Crippen molar-refractivity contribution in [1.29, 1.82) is 0 Å². The van der Waals surface area contributed by atoms with E-state index in [0.29, 0.717) is 32.2 Å². The molecule has 0 radical (unpaired) electrons. The number of aromatic nitrogens is 3. The molecule has 3 heterocycles. The van der Waals surface area contributed by atoms with Crippen LogP contribution in [0, 0.1) is 0 Å². The number of carbonyl (C=O) groups excluding carboxylic acids is 1. The molecule has 128 valence electrons. The second-order valence-electron chi connectivity index (χ2n) is 6.80. The molecule has 7 heteroatoms. The first-order valence-electron chi connectivity index (χ1n) is 8.60. The van der Waals surface area contributed by atoms with Crippen molar-refractivity contribution in [2.75, 3.05) is 26.3 Å². The molecule has 2 aliphatic heterocycles. The number of nitrogens with zero attached hydrogens (tertiary/aromatic N) is 4. The third-order valence-electron chi connectivity index (χ3n) is 4.67. The van der Waals surface area contributed by atoms with Crippen LogP contribution < -0.4 is 5.32 Å². The highest BCUT2D eigenvalue weighted by Crippen LogP contribution is 2.20. The first-order valence-corrected chi connectivity index (χ1v) is 8.60. The van der Waals surface area contributed by atoms with Gasteiger partial charge >= 0.3 is 0 Å². The molecule has 0 aromatic carbocycles. The Bertz CT molecular complexity index is 551. The Balaban J connectivity index is 1.60. The lowest BCUT2D eigenvalue weighted by molar-refractivity contribution is -0.137. The zero-order valence-corrected chi connectivity index (χ0v) is 14.3. The van der Waals surface area contributed by atoms with E-state index in [1.54, 1.807) is 0 Å². The van der Waals surface area contributed by atoms with E-state index in [2.05, 4.69) is 33.9 Å². The number of ether oxygens (including phenoxy) is 1. The number of hydrogen-bond acceptors (Lipinski definition) is 5. The molecule has 0 bridgehead atoms. The van der Waals surface area contributed by atoms with Crippen molar-refractivity contribution in [3.05, 3.63) is 11.6 Å². The Morgan fingerprint density at radius 3 is 2.70 bits per heavy atom. The van der Waals surface area contributed by atoms with Gasteiger partial charge in [-0.3, -0.25) is 4.79 Å². The van der Waals surface area contributed by atoms with Gasteiger partial charge in [0.15, 0.2) is 0 Å². The van der Waals surface area contributed by atoms with Crippen LogP contribution in [0.25, 0.3) is 0 Å². The minimum Gasteiger partial charge on any atom is -0.378 e. The van der Waals surface area contributed by atoms with Gasteiger partial charge in [-0.2, -0.15) is 0 Å². The van der Waals surface area contributed by atoms with Gasteiger partial charge in [-0.05, 0) is 13.3 Å². The largest absolute Gasteiger partial charge is 0.378 e. The first-order chi connectivity index (χ1) is 11.1. The second-order valence-corrected chi connectivity index (χ2v) is 6.80. The van der Waals surface area contributed by atoms with E-state index in [1.807, 2.05) is 11.8 Å². The van der Waals surface area contributed by atoms with Crippen molar-refractivity contribution < 1.29 is 9.53 Å². The average Bonchev–Trinajstić information content (AvgIpc) is 2.98. The van der Waals surface area contributed by atoms with E-state index >= 15 is 0 Å². The SMILES string of the molecule is CC(C)c1nnc2n1C[C@@H](N[C@H](C)C(=O)N1CCOCC1)CC2. The highest BCUT2D eigenvalue weighted by Gasteiger charge is 2.28. The lowest BCUT2D eigenvalue weighted by atomic mass is 10.0. The molecule has 1 aromatic rings. The maximum Gasteiger partial charge on any atom is 0.239 e. The van der Waals surface area contributed by atoms with Crippen molar-refractivity contribution in [1.82, 2.24) is 25.0 Å². The van der Waals surface area contributed by atoms with E-state index in [0.717, 1.165) is 31.0 Å². The highest BCUT2D eigenvalue weighted by molar-refractivity contribution is 5.81. The van der Waals surface area contributed by atoms with Gasteiger partial charge in [0.1, 0.15) is 11.6 Å². The van der Waals surface area contributed by atoms with Crippen LogP contribution in [-0.2, 0) is 22.5 Å². The third-order valence-corrected chi connectivity index (χ3v) is 4.67. The standard InChI is InChI=1S/C16H27N5O2/c1-11(2)15-19-18-14-5-4-13(10-21(14)15)17-12(3)16(22)20-6-8-23-9-7-20/h11-13,17H,4-10H2,1-3H3/t12-,13+/m1/s1. The summed E-state index contributed by atoms with van der Waals surface area (Å²) in [6.45, 7) is 9.76. The molecule has 7 nitrogen and oxygen atoms in total. The predicted molar refractivity (Wildman–Crippen MR) is 86.2 cm³/mol. The third kappa shape index (κ3) is 3.55. The van der Waals surface area contributed by atoms with Crippen LogP contribution in [0.4, 0.5) is 0 Å². The van der Waals surface area contributed by atoms with Crippen LogP contribution >= 0.6 is 0 Å². The lowest BCUT2D eigenvalue weighted by Crippen LogP contribution is -2.52. The highest BCUT2D eigenvalue weighted by atomic mass is 16.5. The van der Waals surface area contributed by atoms with Gasteiger partial charge in [0.2, 0.25) is 5.91 Å². The zero-order chi connectivity index (χ0) is 16.4. The maximum atomic E-state index is 12.5. The molecule has 0 spiro atoms. The Kier molecular flexibility index (Phi) is 4.96. The van der Waals surface area contributed by atoms with Gasteiger partial charge in [-0.25, -0.2) is 0 Å². The topological polar surface area (TPSA) is 72.3 Å². The molecule has 1 fully saturated rings. The molecule has 2 aliphatic rings. The van der Waals surface area contributed by atoms with Gasteiger partial charge < -0.3 is 19.5 Å². The molecule has 23 heavy (non-hydrogen) atoms. The van der Waals surface area contributed by atoms with Crippen LogP contribution in [0.15, 0.2) is 0 Å². The van der Waals surface area contributed by atoms with Crippen LogP contribution in [0.5, 0.6) is 0 Å². The van der Waals surface area contributed by atoms with Gasteiger partial charge in [-0.1, -0.05) is 13.8 Å². The number of amides is 1. The first kappa shape index (κ1) is 16.4. The summed E-state index contributed by atoms with van der Waals surface area (Å²) in [7, 11) is 0. The maximum absolute atomic E-state index is 12.5. The van der Waals surface area contributed by atoms with Crippen molar-refractivity contribution in [2.24, 2.45) is 0 Å². The number of rotatable bonds is 4. The van der Waals surface area contributed by atoms with E-state index in [4.69, 9.17) is 4.74 Å². The summed E-state index contributed by atoms with van der Waals surface area (Å²) in [4.78, 5) is 14.4. The van der Waals surface area contributed by atoms with E-state index < -0.39 is 0 Å². The van der Waals surface area contributed by atoms with Crippen LogP contribution in [0.2, 0.25) is 0 Å². The molecule has 0 saturated carbocycles. The van der Waals surface area contributed by atoms with Crippen LogP contribution in [0.1, 0.15) is 44.8 Å². The van der Waals surface area contributed by atoms with E-state index in [-0.39, 0.29) is 18.0 Å². The van der Waals surface area contributed by atoms with Crippen molar-refractivity contribution in [3.63, 3.8) is 0 Å². The number of nitrogens with one attached hydrogen (secondary N) is 1. The number of carbonyl (C=O) groups is 1. The fraction of sp³-hybridized carbons (Fsp3) is 0.812. The minimum atomic E-state index is -0.168. The monoisotopic (exact) mass is 321 g/mol. The van der Waals surface area contributed by atoms with Gasteiger partial charge in [0, 0.05) is 38.0 Å². The Morgan fingerprint density at radius 1 is 1.26 bits per heavy atom. The summed E-state index contributed by atoms with van der Waals surface area (Å²) in [5, 5.41) is 12.1. The average molecular weight is 321 g/mol. The summed E-state index contributed by atoms with van der Waals surface area (Å²) in [6.07, 6.45) is 1.91. The van der Waals surface area contributed by atoms with Gasteiger partial charge in [0.25, 0.3) is 0 Å². The second kappa shape index (κ2) is 6.97. The minimum absolute atomic E-state index is 0.168. The molecule has 1 aromatic heterocycles. The number of aryl methyl sites for hydroxylation is 1. The summed E-state index contributed by atoms with van der Waals surface area (Å²) < 4.78 is 7.53. The molecule has 3 rings (SSSR count). The molecular weight excluding hydrogens is 294 g/mol. The summed E-state index contributed by atoms with van der Waals surface area (Å²) in [5.74, 6) is 2.65. The fourth-order valence-electron chi connectivity index (χ4n) is 3.39. The molecule has 1 amide bonds. The molecule has 0 aliphatic carbocycles. The van der Waals surface area contributed by atoms with E-state index in [1.165, 1.54) is 0 Å². The number of fused-ring (bicyclic) bond motifs is 1. The molecule has 2 atom stereocenters. The summed E-state index contributed by atoms with van der Waals surface area (Å²) in [6, 6.07) is 0.120. The smallest absolute Gasteiger partial charge is 0.239 e. The van der Waals surface area contributed by atoms with Crippen molar-refractivity contribution in [3.8, 4) is 0 Å². The van der Waals surface area contributed by atoms with Gasteiger partial charge in [0.05, 0.1) is 19.3 Å². The van der Waals surface area contributed by atoms with Gasteiger partial charge in [-0.15, -0.1) is 10.2 Å². The summed E-state index contributed by atoms with van der Waals surface area (Å²) in [5.41, 5.74) is 0. The Labute approximate surface area is 137 Å². The molecular formula is C16H27N5O2.